The van der Waals surface area contributed by atoms with Crippen LogP contribution in [0.4, 0.5) is 0 Å². The second-order valence-corrected chi connectivity index (χ2v) is 6.18. The van der Waals surface area contributed by atoms with Crippen LogP contribution in [0.2, 0.25) is 0 Å². The fourth-order valence-corrected chi connectivity index (χ4v) is 1.61. The molecule has 3 aromatic heterocycles. The zero-order valence-electron chi connectivity index (χ0n) is 23.7. The number of isocyanates is 1. The van der Waals surface area contributed by atoms with Crippen LogP contribution in [0.1, 0.15) is 41.0 Å². The number of imidazole rings is 1. The molecule has 0 aromatic carbocycles. The molecule has 0 aliphatic heterocycles. The number of aromatic amines is 2. The van der Waals surface area contributed by atoms with Crippen molar-refractivity contribution in [3.63, 3.8) is 0 Å². The van der Waals surface area contributed by atoms with Gasteiger partial charge in [-0.3, -0.25) is 4.79 Å². The quantitative estimate of drug-likeness (QED) is 0.114. The van der Waals surface area contributed by atoms with Crippen LogP contribution in [-0.2, 0) is 94.6 Å². The van der Waals surface area contributed by atoms with E-state index in [1.807, 2.05) is 20.8 Å². The van der Waals surface area contributed by atoms with Gasteiger partial charge in [-0.2, -0.15) is 9.36 Å². The topological polar surface area (TPSA) is 201 Å². The number of aromatic nitrogens is 10. The molecule has 3 aromatic rings. The van der Waals surface area contributed by atoms with Crippen molar-refractivity contribution in [1.82, 2.24) is 49.5 Å². The van der Waals surface area contributed by atoms with E-state index in [2.05, 4.69) is 43.1 Å². The first-order valence-electron chi connectivity index (χ1n) is 10.4. The molecule has 21 heteroatoms. The second-order valence-electron chi connectivity index (χ2n) is 5.76. The SMILES string of the molecule is CCC(=O)Cl.CCN=C=O.CCn1nn[nH]c1=O.CCn1nn[nH]c1=O.[B].[B].[CH2-]n1ccn(CC)c1=O.[CH3-].[Y].[Y]. The molecular formula is C19H34B2ClN11O5Y2-2. The summed E-state index contributed by atoms with van der Waals surface area (Å²) in [5.74, 6) is 0. The molecule has 0 aliphatic carbocycles. The van der Waals surface area contributed by atoms with Crippen LogP contribution in [0.15, 0.2) is 31.8 Å². The van der Waals surface area contributed by atoms with Crippen LogP contribution in [-0.4, -0.2) is 84.2 Å². The van der Waals surface area contributed by atoms with Gasteiger partial charge in [0.1, 0.15) is 0 Å². The summed E-state index contributed by atoms with van der Waals surface area (Å²) in [5, 5.41) is 17.5. The molecule has 0 saturated heterocycles. The Morgan fingerprint density at radius 3 is 1.43 bits per heavy atom. The summed E-state index contributed by atoms with van der Waals surface area (Å²) in [6.07, 6.45) is 5.19. The molecule has 216 valence electrons. The molecule has 0 unspecified atom stereocenters. The van der Waals surface area contributed by atoms with Crippen LogP contribution in [0, 0.1) is 14.5 Å². The minimum absolute atomic E-state index is 0. The third-order valence-electron chi connectivity index (χ3n) is 3.42. The molecule has 16 nitrogen and oxygen atoms in total. The standard InChI is InChI=1S/C6H9N2O.C3H5ClO.2C3H6N4O.C3H5NO.CH3.2B.2Y/c1-3-8-5-4-7(2)6(8)9;1-2-3(4)5;2*1-2-7-3(8)4-5-6-7;1-2-4-3-5;;;;;/h4-5H,2-3H2,1H3;2H2,1H3;2*2H2,1H3,(H,4,6,8);2H2,1H3;1H3;;;;/q-1;;;;;-1;;;;. The average molecular weight is 731 g/mol. The molecule has 3 rings (SSSR count). The maximum atomic E-state index is 10.9. The van der Waals surface area contributed by atoms with Crippen molar-refractivity contribution >= 4 is 39.7 Å². The molecule has 3 heterocycles. The Morgan fingerprint density at radius 1 is 0.925 bits per heavy atom. The van der Waals surface area contributed by atoms with Crippen molar-refractivity contribution in [3.8, 4) is 0 Å². The molecule has 0 aliphatic rings. The van der Waals surface area contributed by atoms with Gasteiger partial charge in [0.25, 0.3) is 0 Å². The number of carbonyl (C=O) groups excluding carboxylic acids is 2. The number of aliphatic imine (C=N–C) groups is 1. The summed E-state index contributed by atoms with van der Waals surface area (Å²) in [6.45, 7) is 11.4. The van der Waals surface area contributed by atoms with Crippen LogP contribution < -0.4 is 17.1 Å². The van der Waals surface area contributed by atoms with Crippen molar-refractivity contribution in [3.05, 3.63) is 58.3 Å². The van der Waals surface area contributed by atoms with Gasteiger partial charge in [-0.15, -0.1) is 7.05 Å². The minimum Gasteiger partial charge on any atom is -0.439 e. The first kappa shape index (κ1) is 54.4. The fourth-order valence-electron chi connectivity index (χ4n) is 1.61. The van der Waals surface area contributed by atoms with Gasteiger partial charge in [0.05, 0.1) is 0 Å². The molecule has 0 fully saturated rings. The van der Waals surface area contributed by atoms with E-state index in [0.29, 0.717) is 32.6 Å². The Kier molecular flexibility index (Phi) is 48.0. The number of aryl methyl sites for hydroxylation is 3. The van der Waals surface area contributed by atoms with E-state index in [4.69, 9.17) is 16.4 Å². The normalized spacial score (nSPS) is 7.75. The van der Waals surface area contributed by atoms with Crippen LogP contribution in [0.3, 0.4) is 0 Å². The summed E-state index contributed by atoms with van der Waals surface area (Å²) < 4.78 is 5.37. The number of hydrogen-bond acceptors (Lipinski definition) is 10. The minimum atomic E-state index is -0.273. The molecule has 0 saturated carbocycles. The maximum absolute atomic E-state index is 10.9. The molecule has 0 bridgehead atoms. The monoisotopic (exact) mass is 731 g/mol. The molecule has 8 radical (unpaired) electrons. The molecule has 0 amide bonds. The summed E-state index contributed by atoms with van der Waals surface area (Å²) in [7, 11) is 3.47. The predicted octanol–water partition coefficient (Wildman–Crippen LogP) is -0.530. The van der Waals surface area contributed by atoms with E-state index in [1.165, 1.54) is 20.0 Å². The zero-order chi connectivity index (χ0) is 27.2. The molecule has 40 heavy (non-hydrogen) atoms. The third kappa shape index (κ3) is 26.5. The number of nitrogens with zero attached hydrogens (tertiary/aromatic N) is 9. The number of H-pyrrole nitrogens is 2. The van der Waals surface area contributed by atoms with Crippen molar-refractivity contribution in [1.29, 1.82) is 0 Å². The Balaban J connectivity index is -0.0000000672. The van der Waals surface area contributed by atoms with Crippen molar-refractivity contribution in [2.45, 2.75) is 60.7 Å². The summed E-state index contributed by atoms with van der Waals surface area (Å²) in [5.41, 5.74) is -0.572. The Hall–Kier alpha value is -1.70. The maximum Gasteiger partial charge on any atom is 0.361 e. The number of carbonyl (C=O) groups is 1. The van der Waals surface area contributed by atoms with E-state index < -0.39 is 0 Å². The van der Waals surface area contributed by atoms with Gasteiger partial charge in [-0.1, -0.05) is 13.1 Å². The van der Waals surface area contributed by atoms with Crippen LogP contribution in [0.5, 0.6) is 0 Å². The summed E-state index contributed by atoms with van der Waals surface area (Å²) in [4.78, 5) is 53.6. The summed E-state index contributed by atoms with van der Waals surface area (Å²) in [6, 6.07) is 0. The Labute approximate surface area is 292 Å². The van der Waals surface area contributed by atoms with E-state index >= 15 is 0 Å². The second kappa shape index (κ2) is 35.3. The smallest absolute Gasteiger partial charge is 0.361 e. The first-order chi connectivity index (χ1) is 16.6. The largest absolute Gasteiger partial charge is 0.439 e. The van der Waals surface area contributed by atoms with Gasteiger partial charge in [-0.05, 0) is 66.3 Å². The van der Waals surface area contributed by atoms with Gasteiger partial charge < -0.3 is 21.4 Å². The fraction of sp³-hybridized carbons (Fsp3) is 0.526. The van der Waals surface area contributed by atoms with Gasteiger partial charge in [0.15, 0.2) is 0 Å². The molecule has 0 atom stereocenters. The van der Waals surface area contributed by atoms with Crippen LogP contribution in [0.25, 0.3) is 0 Å². The van der Waals surface area contributed by atoms with E-state index in [1.54, 1.807) is 30.8 Å². The van der Waals surface area contributed by atoms with Gasteiger partial charge >= 0.3 is 11.4 Å². The third-order valence-corrected chi connectivity index (χ3v) is 3.69. The number of hydrogen-bond donors (Lipinski definition) is 2. The molecule has 0 spiro atoms. The van der Waals surface area contributed by atoms with E-state index in [-0.39, 0.29) is 112 Å². The van der Waals surface area contributed by atoms with Gasteiger partial charge in [-0.25, -0.2) is 29.6 Å². The average Bonchev–Trinajstić information content (AvgIpc) is 3.56. The van der Waals surface area contributed by atoms with Gasteiger partial charge in [0, 0.05) is 115 Å². The number of rotatable bonds is 5. The number of nitrogens with one attached hydrogen (secondary N) is 2. The summed E-state index contributed by atoms with van der Waals surface area (Å²) >= 11 is 4.82. The Morgan fingerprint density at radius 2 is 1.32 bits per heavy atom. The number of halogens is 1. The van der Waals surface area contributed by atoms with E-state index in [9.17, 15) is 19.2 Å². The van der Waals surface area contributed by atoms with Crippen molar-refractivity contribution in [2.75, 3.05) is 6.54 Å². The predicted molar refractivity (Wildman–Crippen MR) is 145 cm³/mol. The Bertz CT molecular complexity index is 1140. The zero-order valence-corrected chi connectivity index (χ0v) is 30.1. The van der Waals surface area contributed by atoms with Crippen molar-refractivity contribution < 1.29 is 75.0 Å². The first-order valence-corrected chi connectivity index (χ1v) is 10.8. The van der Waals surface area contributed by atoms with E-state index in [0.717, 1.165) is 0 Å². The van der Waals surface area contributed by atoms with Gasteiger partial charge in [0.2, 0.25) is 17.0 Å². The number of tetrazole rings is 2. The molecule has 2 N–H and O–H groups in total. The van der Waals surface area contributed by atoms with Crippen molar-refractivity contribution in [2.24, 2.45) is 4.99 Å². The molecular weight excluding hydrogens is 697 g/mol. The van der Waals surface area contributed by atoms with Crippen LogP contribution >= 0.6 is 11.6 Å².